The van der Waals surface area contributed by atoms with Crippen LogP contribution in [-0.2, 0) is 6.42 Å². The number of hydrogen-bond acceptors (Lipinski definition) is 3. The molecule has 0 fully saturated rings. The van der Waals surface area contributed by atoms with E-state index < -0.39 is 0 Å². The molecule has 0 heterocycles. The largest absolute Gasteiger partial charge is 0.492 e. The first-order valence-electron chi connectivity index (χ1n) is 6.49. The number of ether oxygens (including phenoxy) is 1. The van der Waals surface area contributed by atoms with Gasteiger partial charge in [0.1, 0.15) is 5.75 Å². The molecular weight excluding hydrogens is 212 g/mol. The molecule has 0 radical (unpaired) electrons. The summed E-state index contributed by atoms with van der Waals surface area (Å²) in [5.41, 5.74) is 7.94. The van der Waals surface area contributed by atoms with E-state index in [4.69, 9.17) is 10.5 Å². The van der Waals surface area contributed by atoms with Crippen molar-refractivity contribution in [1.82, 2.24) is 5.32 Å². The van der Waals surface area contributed by atoms with E-state index in [0.717, 1.165) is 37.4 Å². The van der Waals surface area contributed by atoms with E-state index in [1.165, 1.54) is 12.0 Å². The van der Waals surface area contributed by atoms with Gasteiger partial charge in [-0.1, -0.05) is 13.0 Å². The summed E-state index contributed by atoms with van der Waals surface area (Å²) in [6.07, 6.45) is 3.40. The van der Waals surface area contributed by atoms with Gasteiger partial charge in [-0.15, -0.1) is 0 Å². The lowest BCUT2D eigenvalue weighted by Gasteiger charge is -2.09. The van der Waals surface area contributed by atoms with Gasteiger partial charge in [0.25, 0.3) is 0 Å². The second-order valence-electron chi connectivity index (χ2n) is 4.16. The molecule has 3 heteroatoms. The van der Waals surface area contributed by atoms with Crippen LogP contribution in [0.25, 0.3) is 0 Å². The van der Waals surface area contributed by atoms with Gasteiger partial charge in [0, 0.05) is 0 Å². The van der Waals surface area contributed by atoms with Crippen LogP contribution in [0.3, 0.4) is 0 Å². The Hall–Kier alpha value is -1.22. The smallest absolute Gasteiger partial charge is 0.142 e. The number of nitrogens with two attached hydrogens (primary N) is 1. The molecule has 0 unspecified atom stereocenters. The van der Waals surface area contributed by atoms with Gasteiger partial charge in [0.05, 0.1) is 12.3 Å². The highest BCUT2D eigenvalue weighted by Gasteiger charge is 2.01. The number of benzene rings is 1. The van der Waals surface area contributed by atoms with Gasteiger partial charge in [-0.05, 0) is 57.0 Å². The van der Waals surface area contributed by atoms with E-state index >= 15 is 0 Å². The number of nitrogens with one attached hydrogen (secondary N) is 1. The molecule has 0 saturated carbocycles. The lowest BCUT2D eigenvalue weighted by atomic mass is 10.1. The van der Waals surface area contributed by atoms with Gasteiger partial charge < -0.3 is 15.8 Å². The van der Waals surface area contributed by atoms with Gasteiger partial charge in [-0.3, -0.25) is 0 Å². The monoisotopic (exact) mass is 236 g/mol. The Bertz CT molecular complexity index is 326. The van der Waals surface area contributed by atoms with Crippen molar-refractivity contribution in [2.75, 3.05) is 25.4 Å². The van der Waals surface area contributed by atoms with Crippen molar-refractivity contribution in [2.45, 2.75) is 33.1 Å². The maximum atomic E-state index is 5.92. The summed E-state index contributed by atoms with van der Waals surface area (Å²) in [6.45, 7) is 6.98. The molecule has 3 nitrogen and oxygen atoms in total. The average Bonchev–Trinajstić information content (AvgIpc) is 2.32. The van der Waals surface area contributed by atoms with Crippen LogP contribution in [0.4, 0.5) is 5.69 Å². The van der Waals surface area contributed by atoms with Crippen molar-refractivity contribution < 1.29 is 4.74 Å². The third-order valence-electron chi connectivity index (χ3n) is 2.62. The molecule has 96 valence electrons. The molecule has 17 heavy (non-hydrogen) atoms. The zero-order valence-corrected chi connectivity index (χ0v) is 11.0. The predicted molar refractivity (Wildman–Crippen MR) is 73.5 cm³/mol. The van der Waals surface area contributed by atoms with Crippen molar-refractivity contribution in [3.8, 4) is 5.75 Å². The van der Waals surface area contributed by atoms with Crippen LogP contribution in [0, 0.1) is 0 Å². The Morgan fingerprint density at radius 1 is 1.24 bits per heavy atom. The summed E-state index contributed by atoms with van der Waals surface area (Å²) in [5, 5.41) is 3.40. The number of nitrogen functional groups attached to an aromatic ring is 1. The van der Waals surface area contributed by atoms with E-state index in [9.17, 15) is 0 Å². The number of anilines is 1. The number of hydrogen-bond donors (Lipinski definition) is 2. The van der Waals surface area contributed by atoms with Crippen molar-refractivity contribution >= 4 is 5.69 Å². The summed E-state index contributed by atoms with van der Waals surface area (Å²) in [6, 6.07) is 6.08. The standard InChI is InChI=1S/C14H24N2O/c1-3-9-16-10-5-6-12-7-8-14(17-4-2)13(15)11-12/h7-8,11,16H,3-6,9-10,15H2,1-2H3. The van der Waals surface area contributed by atoms with Crippen LogP contribution in [-0.4, -0.2) is 19.7 Å². The Morgan fingerprint density at radius 3 is 2.71 bits per heavy atom. The first-order chi connectivity index (χ1) is 8.27. The van der Waals surface area contributed by atoms with E-state index in [0.29, 0.717) is 6.61 Å². The Morgan fingerprint density at radius 2 is 2.06 bits per heavy atom. The van der Waals surface area contributed by atoms with E-state index in [2.05, 4.69) is 18.3 Å². The minimum Gasteiger partial charge on any atom is -0.492 e. The first kappa shape index (κ1) is 13.8. The molecule has 1 aromatic rings. The third-order valence-corrected chi connectivity index (χ3v) is 2.62. The fourth-order valence-electron chi connectivity index (χ4n) is 1.76. The van der Waals surface area contributed by atoms with Crippen molar-refractivity contribution in [3.05, 3.63) is 23.8 Å². The van der Waals surface area contributed by atoms with Gasteiger partial charge in [-0.2, -0.15) is 0 Å². The molecular formula is C14H24N2O. The molecule has 1 aromatic carbocycles. The summed E-state index contributed by atoms with van der Waals surface area (Å²) in [4.78, 5) is 0. The highest BCUT2D eigenvalue weighted by molar-refractivity contribution is 5.54. The molecule has 0 atom stereocenters. The predicted octanol–water partition coefficient (Wildman–Crippen LogP) is 2.60. The molecule has 3 N–H and O–H groups in total. The normalized spacial score (nSPS) is 10.5. The third kappa shape index (κ3) is 5.09. The second kappa shape index (κ2) is 7.96. The molecule has 0 aliphatic heterocycles. The molecule has 0 amide bonds. The van der Waals surface area contributed by atoms with Gasteiger partial charge >= 0.3 is 0 Å². The minimum atomic E-state index is 0.657. The van der Waals surface area contributed by atoms with Crippen LogP contribution in [0.1, 0.15) is 32.3 Å². The van der Waals surface area contributed by atoms with Crippen LogP contribution >= 0.6 is 0 Å². The average molecular weight is 236 g/mol. The number of rotatable bonds is 8. The van der Waals surface area contributed by atoms with Crippen molar-refractivity contribution in [1.29, 1.82) is 0 Å². The van der Waals surface area contributed by atoms with Crippen LogP contribution in [0.5, 0.6) is 5.75 Å². The lowest BCUT2D eigenvalue weighted by molar-refractivity contribution is 0.342. The lowest BCUT2D eigenvalue weighted by Crippen LogP contribution is -2.16. The number of aryl methyl sites for hydroxylation is 1. The fourth-order valence-corrected chi connectivity index (χ4v) is 1.76. The molecule has 0 saturated heterocycles. The quantitative estimate of drug-likeness (QED) is 0.539. The highest BCUT2D eigenvalue weighted by atomic mass is 16.5. The molecule has 1 rings (SSSR count). The summed E-state index contributed by atoms with van der Waals surface area (Å²) < 4.78 is 5.41. The molecule has 0 spiro atoms. The van der Waals surface area contributed by atoms with Gasteiger partial charge in [-0.25, -0.2) is 0 Å². The Balaban J connectivity index is 2.36. The zero-order valence-electron chi connectivity index (χ0n) is 11.0. The Labute approximate surface area is 104 Å². The van der Waals surface area contributed by atoms with Crippen LogP contribution < -0.4 is 15.8 Å². The topological polar surface area (TPSA) is 47.3 Å². The summed E-state index contributed by atoms with van der Waals surface area (Å²) >= 11 is 0. The van der Waals surface area contributed by atoms with E-state index in [1.807, 2.05) is 19.1 Å². The molecule has 0 aliphatic carbocycles. The van der Waals surface area contributed by atoms with Crippen molar-refractivity contribution in [2.24, 2.45) is 0 Å². The Kier molecular flexibility index (Phi) is 6.48. The first-order valence-corrected chi connectivity index (χ1v) is 6.49. The van der Waals surface area contributed by atoms with Crippen LogP contribution in [0.15, 0.2) is 18.2 Å². The van der Waals surface area contributed by atoms with E-state index in [1.54, 1.807) is 0 Å². The second-order valence-corrected chi connectivity index (χ2v) is 4.16. The molecule has 0 aliphatic rings. The maximum absolute atomic E-state index is 5.92. The van der Waals surface area contributed by atoms with E-state index in [-0.39, 0.29) is 0 Å². The highest BCUT2D eigenvalue weighted by Crippen LogP contribution is 2.22. The SMILES string of the molecule is CCCNCCCc1ccc(OCC)c(N)c1. The van der Waals surface area contributed by atoms with Gasteiger partial charge in [0.2, 0.25) is 0 Å². The summed E-state index contributed by atoms with van der Waals surface area (Å²) in [7, 11) is 0. The minimum absolute atomic E-state index is 0.657. The van der Waals surface area contributed by atoms with Crippen LogP contribution in [0.2, 0.25) is 0 Å². The molecule has 0 bridgehead atoms. The fraction of sp³-hybridized carbons (Fsp3) is 0.571. The van der Waals surface area contributed by atoms with Gasteiger partial charge in [0.15, 0.2) is 0 Å². The molecule has 0 aromatic heterocycles. The maximum Gasteiger partial charge on any atom is 0.142 e. The van der Waals surface area contributed by atoms with Crippen molar-refractivity contribution in [3.63, 3.8) is 0 Å². The summed E-state index contributed by atoms with van der Waals surface area (Å²) in [5.74, 6) is 0.792. The zero-order chi connectivity index (χ0) is 12.5.